The van der Waals surface area contributed by atoms with Crippen LogP contribution in [0.2, 0.25) is 0 Å². The van der Waals surface area contributed by atoms with Crippen LogP contribution < -0.4 is 10.5 Å². The normalized spacial score (nSPS) is 10.6. The smallest absolute Gasteiger partial charge is 0.147 e. The summed E-state index contributed by atoms with van der Waals surface area (Å²) in [6.07, 6.45) is 1.71. The van der Waals surface area contributed by atoms with Gasteiger partial charge in [-0.15, -0.1) is 0 Å². The number of rotatable bonds is 5. The van der Waals surface area contributed by atoms with Gasteiger partial charge < -0.3 is 10.5 Å². The fraction of sp³-hybridized carbons (Fsp3) is 0.385. The van der Waals surface area contributed by atoms with Gasteiger partial charge in [0.15, 0.2) is 0 Å². The van der Waals surface area contributed by atoms with E-state index in [-0.39, 0.29) is 5.75 Å². The minimum atomic E-state index is -2.91. The highest BCUT2D eigenvalue weighted by molar-refractivity contribution is 7.90. The third-order valence-corrected chi connectivity index (χ3v) is 3.15. The van der Waals surface area contributed by atoms with Crippen molar-refractivity contribution in [1.29, 1.82) is 0 Å². The van der Waals surface area contributed by atoms with Gasteiger partial charge in [0.2, 0.25) is 0 Å². The Kier molecular flexibility index (Phi) is 5.69. The average molecular weight is 267 g/mol. The van der Waals surface area contributed by atoms with Crippen LogP contribution in [0.15, 0.2) is 24.3 Å². The summed E-state index contributed by atoms with van der Waals surface area (Å²) in [6.45, 7) is 0.727. The second-order valence-electron chi connectivity index (χ2n) is 3.86. The summed E-state index contributed by atoms with van der Waals surface area (Å²) >= 11 is 0. The van der Waals surface area contributed by atoms with Gasteiger partial charge in [-0.05, 0) is 30.7 Å². The molecule has 0 aromatic heterocycles. The molecule has 0 aliphatic rings. The van der Waals surface area contributed by atoms with Crippen LogP contribution in [0.5, 0.6) is 5.75 Å². The molecule has 0 atom stereocenters. The highest BCUT2D eigenvalue weighted by Gasteiger charge is 2.01. The summed E-state index contributed by atoms with van der Waals surface area (Å²) < 4.78 is 27.2. The SMILES string of the molecule is CS(=O)(=O)CCCOc1ccc(C#CCN)cc1. The van der Waals surface area contributed by atoms with Crippen molar-refractivity contribution in [2.45, 2.75) is 6.42 Å². The fourth-order valence-corrected chi connectivity index (χ4v) is 1.94. The van der Waals surface area contributed by atoms with Crippen molar-refractivity contribution in [2.75, 3.05) is 25.2 Å². The Bertz CT molecular complexity index is 524. The first-order chi connectivity index (χ1) is 8.51. The molecule has 0 spiro atoms. The Morgan fingerprint density at radius 1 is 1.28 bits per heavy atom. The van der Waals surface area contributed by atoms with Crippen LogP contribution >= 0.6 is 0 Å². The van der Waals surface area contributed by atoms with Gasteiger partial charge in [-0.1, -0.05) is 11.8 Å². The molecule has 0 bridgehead atoms. The molecular weight excluding hydrogens is 250 g/mol. The summed E-state index contributed by atoms with van der Waals surface area (Å²) in [4.78, 5) is 0. The van der Waals surface area contributed by atoms with Crippen molar-refractivity contribution in [1.82, 2.24) is 0 Å². The molecule has 5 heteroatoms. The third kappa shape index (κ3) is 6.28. The highest BCUT2D eigenvalue weighted by Crippen LogP contribution is 2.11. The lowest BCUT2D eigenvalue weighted by atomic mass is 10.2. The zero-order valence-electron chi connectivity index (χ0n) is 10.3. The molecule has 0 radical (unpaired) electrons. The van der Waals surface area contributed by atoms with Crippen molar-refractivity contribution >= 4 is 9.84 Å². The molecule has 0 aliphatic carbocycles. The lowest BCUT2D eigenvalue weighted by Gasteiger charge is -2.05. The average Bonchev–Trinajstić information content (AvgIpc) is 2.32. The van der Waals surface area contributed by atoms with Crippen LogP contribution in [-0.2, 0) is 9.84 Å². The zero-order valence-corrected chi connectivity index (χ0v) is 11.2. The zero-order chi connectivity index (χ0) is 13.4. The van der Waals surface area contributed by atoms with Crippen LogP contribution in [0.25, 0.3) is 0 Å². The molecule has 0 saturated carbocycles. The predicted molar refractivity (Wildman–Crippen MR) is 72.2 cm³/mol. The second-order valence-corrected chi connectivity index (χ2v) is 6.12. The lowest BCUT2D eigenvalue weighted by molar-refractivity contribution is 0.317. The van der Waals surface area contributed by atoms with E-state index in [4.69, 9.17) is 10.5 Å². The summed E-state index contributed by atoms with van der Waals surface area (Å²) in [5.74, 6) is 6.53. The van der Waals surface area contributed by atoms with E-state index >= 15 is 0 Å². The van der Waals surface area contributed by atoms with Gasteiger partial charge in [-0.25, -0.2) is 8.42 Å². The highest BCUT2D eigenvalue weighted by atomic mass is 32.2. The van der Waals surface area contributed by atoms with Crippen molar-refractivity contribution in [2.24, 2.45) is 5.73 Å². The van der Waals surface area contributed by atoms with E-state index in [0.717, 1.165) is 5.56 Å². The van der Waals surface area contributed by atoms with Gasteiger partial charge in [-0.3, -0.25) is 0 Å². The van der Waals surface area contributed by atoms with Crippen molar-refractivity contribution in [3.8, 4) is 17.6 Å². The molecule has 0 aliphatic heterocycles. The van der Waals surface area contributed by atoms with Crippen molar-refractivity contribution < 1.29 is 13.2 Å². The Labute approximate surface area is 108 Å². The van der Waals surface area contributed by atoms with Gasteiger partial charge in [0.05, 0.1) is 18.9 Å². The quantitative estimate of drug-likeness (QED) is 0.633. The molecule has 0 amide bonds. The minimum absolute atomic E-state index is 0.146. The molecule has 0 fully saturated rings. The van der Waals surface area contributed by atoms with Gasteiger partial charge in [0.1, 0.15) is 15.6 Å². The molecule has 0 unspecified atom stereocenters. The Morgan fingerprint density at radius 3 is 2.50 bits per heavy atom. The largest absolute Gasteiger partial charge is 0.494 e. The van der Waals surface area contributed by atoms with Crippen LogP contribution in [0.4, 0.5) is 0 Å². The van der Waals surface area contributed by atoms with Crippen LogP contribution in [0.3, 0.4) is 0 Å². The van der Waals surface area contributed by atoms with Crippen molar-refractivity contribution in [3.63, 3.8) is 0 Å². The molecule has 1 aromatic rings. The van der Waals surface area contributed by atoms with E-state index in [0.29, 0.717) is 25.3 Å². The van der Waals surface area contributed by atoms with E-state index < -0.39 is 9.84 Å². The van der Waals surface area contributed by atoms with Crippen LogP contribution in [0.1, 0.15) is 12.0 Å². The third-order valence-electron chi connectivity index (χ3n) is 2.12. The van der Waals surface area contributed by atoms with E-state index in [9.17, 15) is 8.42 Å². The van der Waals surface area contributed by atoms with Crippen LogP contribution in [0, 0.1) is 11.8 Å². The number of benzene rings is 1. The van der Waals surface area contributed by atoms with Gasteiger partial charge >= 0.3 is 0 Å². The van der Waals surface area contributed by atoms with Gasteiger partial charge in [0.25, 0.3) is 0 Å². The lowest BCUT2D eigenvalue weighted by Crippen LogP contribution is -2.07. The van der Waals surface area contributed by atoms with Crippen molar-refractivity contribution in [3.05, 3.63) is 29.8 Å². The molecule has 1 aromatic carbocycles. The standard InChI is InChI=1S/C13H17NO3S/c1-18(15,16)11-3-10-17-13-7-5-12(6-8-13)4-2-9-14/h5-8H,3,9-11,14H2,1H3. The van der Waals surface area contributed by atoms with Gasteiger partial charge in [-0.2, -0.15) is 0 Å². The Morgan fingerprint density at radius 2 is 1.94 bits per heavy atom. The maximum absolute atomic E-state index is 10.9. The predicted octanol–water partition coefficient (Wildman–Crippen LogP) is 0.810. The molecule has 0 saturated heterocycles. The topological polar surface area (TPSA) is 69.4 Å². The second kappa shape index (κ2) is 7.04. The summed E-state index contributed by atoms with van der Waals surface area (Å²) in [7, 11) is -2.91. The first kappa shape index (κ1) is 14.6. The number of nitrogens with two attached hydrogens (primary N) is 1. The molecular formula is C13H17NO3S. The van der Waals surface area contributed by atoms with E-state index in [1.807, 2.05) is 12.1 Å². The van der Waals surface area contributed by atoms with E-state index in [2.05, 4.69) is 11.8 Å². The molecule has 1 rings (SSSR count). The van der Waals surface area contributed by atoms with E-state index in [1.165, 1.54) is 6.26 Å². The molecule has 4 nitrogen and oxygen atoms in total. The number of hydrogen-bond acceptors (Lipinski definition) is 4. The molecule has 0 heterocycles. The van der Waals surface area contributed by atoms with Crippen LogP contribution in [-0.4, -0.2) is 33.6 Å². The number of ether oxygens (including phenoxy) is 1. The molecule has 98 valence electrons. The first-order valence-electron chi connectivity index (χ1n) is 5.61. The minimum Gasteiger partial charge on any atom is -0.494 e. The van der Waals surface area contributed by atoms with E-state index in [1.54, 1.807) is 12.1 Å². The summed E-state index contributed by atoms with van der Waals surface area (Å²) in [5.41, 5.74) is 6.15. The molecule has 2 N–H and O–H groups in total. The van der Waals surface area contributed by atoms with Gasteiger partial charge in [0, 0.05) is 11.8 Å². The number of sulfone groups is 1. The Hall–Kier alpha value is -1.51. The monoisotopic (exact) mass is 267 g/mol. The number of hydrogen-bond donors (Lipinski definition) is 1. The maximum atomic E-state index is 10.9. The summed E-state index contributed by atoms with van der Waals surface area (Å²) in [6, 6.07) is 7.30. The first-order valence-corrected chi connectivity index (χ1v) is 7.67. The maximum Gasteiger partial charge on any atom is 0.147 e. The molecule has 18 heavy (non-hydrogen) atoms. The summed E-state index contributed by atoms with van der Waals surface area (Å²) in [5, 5.41) is 0. The Balaban J connectivity index is 2.40. The fourth-order valence-electron chi connectivity index (χ4n) is 1.30.